The predicted molar refractivity (Wildman–Crippen MR) is 70.4 cm³/mol. The molecule has 96 valence electrons. The average molecular weight is 238 g/mol. The first-order chi connectivity index (χ1) is 8.10. The van der Waals surface area contributed by atoms with Crippen LogP contribution < -0.4 is 10.6 Å². The molecule has 1 rings (SSSR count). The van der Waals surface area contributed by atoms with Crippen LogP contribution in [0.25, 0.3) is 0 Å². The summed E-state index contributed by atoms with van der Waals surface area (Å²) in [6.45, 7) is 6.98. The molecule has 0 aliphatic heterocycles. The van der Waals surface area contributed by atoms with Crippen molar-refractivity contribution in [3.05, 3.63) is 11.9 Å². The number of hydrogen-bond acceptors (Lipinski definition) is 5. The molecule has 1 atom stereocenters. The summed E-state index contributed by atoms with van der Waals surface area (Å²) < 4.78 is 5.21. The maximum atomic E-state index is 5.21. The summed E-state index contributed by atoms with van der Waals surface area (Å²) >= 11 is 0. The van der Waals surface area contributed by atoms with Crippen molar-refractivity contribution in [2.75, 3.05) is 31.4 Å². The molecule has 0 amide bonds. The van der Waals surface area contributed by atoms with Crippen molar-refractivity contribution in [2.24, 2.45) is 5.92 Å². The molecule has 0 aliphatic rings. The summed E-state index contributed by atoms with van der Waals surface area (Å²) in [4.78, 5) is 8.44. The van der Waals surface area contributed by atoms with Crippen molar-refractivity contribution in [1.82, 2.24) is 9.97 Å². The molecule has 1 aromatic heterocycles. The van der Waals surface area contributed by atoms with E-state index in [1.54, 1.807) is 13.4 Å². The molecule has 0 fully saturated rings. The van der Waals surface area contributed by atoms with Gasteiger partial charge in [0, 0.05) is 19.7 Å². The SMILES string of the molecule is CNc1ncnc(NC(COC)C(C)C)c1C. The smallest absolute Gasteiger partial charge is 0.134 e. The van der Waals surface area contributed by atoms with E-state index in [1.165, 1.54) is 0 Å². The number of anilines is 2. The fourth-order valence-electron chi connectivity index (χ4n) is 1.60. The van der Waals surface area contributed by atoms with Gasteiger partial charge in [-0.1, -0.05) is 13.8 Å². The monoisotopic (exact) mass is 238 g/mol. The van der Waals surface area contributed by atoms with Crippen LogP contribution in [0.2, 0.25) is 0 Å². The Bertz CT molecular complexity index is 354. The lowest BCUT2D eigenvalue weighted by Gasteiger charge is -2.23. The Morgan fingerprint density at radius 3 is 2.47 bits per heavy atom. The number of nitrogens with one attached hydrogen (secondary N) is 2. The second-order valence-corrected chi connectivity index (χ2v) is 4.40. The van der Waals surface area contributed by atoms with E-state index in [4.69, 9.17) is 4.74 Å². The third-order valence-electron chi connectivity index (χ3n) is 2.79. The number of methoxy groups -OCH3 is 1. The summed E-state index contributed by atoms with van der Waals surface area (Å²) in [5, 5.41) is 6.45. The van der Waals surface area contributed by atoms with Gasteiger partial charge in [0.15, 0.2) is 0 Å². The summed E-state index contributed by atoms with van der Waals surface area (Å²) in [5.41, 5.74) is 1.02. The van der Waals surface area contributed by atoms with Crippen LogP contribution in [0, 0.1) is 12.8 Å². The molecule has 0 aromatic carbocycles. The largest absolute Gasteiger partial charge is 0.383 e. The number of nitrogens with zero attached hydrogens (tertiary/aromatic N) is 2. The average Bonchev–Trinajstić information content (AvgIpc) is 2.30. The minimum Gasteiger partial charge on any atom is -0.383 e. The van der Waals surface area contributed by atoms with Crippen molar-refractivity contribution in [1.29, 1.82) is 0 Å². The molecule has 0 saturated heterocycles. The highest BCUT2D eigenvalue weighted by Gasteiger charge is 2.15. The quantitative estimate of drug-likeness (QED) is 0.792. The lowest BCUT2D eigenvalue weighted by molar-refractivity contribution is 0.171. The van der Waals surface area contributed by atoms with Crippen LogP contribution in [-0.4, -0.2) is 36.8 Å². The van der Waals surface area contributed by atoms with Crippen LogP contribution in [0.3, 0.4) is 0 Å². The van der Waals surface area contributed by atoms with Crippen LogP contribution in [0.15, 0.2) is 6.33 Å². The van der Waals surface area contributed by atoms with Crippen molar-refractivity contribution in [3.63, 3.8) is 0 Å². The summed E-state index contributed by atoms with van der Waals surface area (Å²) in [6.07, 6.45) is 1.56. The summed E-state index contributed by atoms with van der Waals surface area (Å²) in [7, 11) is 3.57. The van der Waals surface area contributed by atoms with Crippen LogP contribution in [0.4, 0.5) is 11.6 Å². The van der Waals surface area contributed by atoms with Gasteiger partial charge in [0.25, 0.3) is 0 Å². The number of ether oxygens (including phenoxy) is 1. The minimum atomic E-state index is 0.248. The van der Waals surface area contributed by atoms with Gasteiger partial charge < -0.3 is 15.4 Å². The van der Waals surface area contributed by atoms with Gasteiger partial charge in [0.2, 0.25) is 0 Å². The van der Waals surface area contributed by atoms with Gasteiger partial charge in [-0.3, -0.25) is 0 Å². The van der Waals surface area contributed by atoms with Crippen LogP contribution in [0.5, 0.6) is 0 Å². The number of rotatable bonds is 6. The van der Waals surface area contributed by atoms with E-state index in [-0.39, 0.29) is 6.04 Å². The van der Waals surface area contributed by atoms with E-state index in [0.29, 0.717) is 12.5 Å². The highest BCUT2D eigenvalue weighted by atomic mass is 16.5. The molecular weight excluding hydrogens is 216 g/mol. The summed E-state index contributed by atoms with van der Waals surface area (Å²) in [6, 6.07) is 0.248. The molecule has 5 heteroatoms. The normalized spacial score (nSPS) is 12.6. The third kappa shape index (κ3) is 3.56. The zero-order valence-corrected chi connectivity index (χ0v) is 11.2. The van der Waals surface area contributed by atoms with Crippen molar-refractivity contribution in [3.8, 4) is 0 Å². The molecule has 1 unspecified atom stereocenters. The molecule has 1 aromatic rings. The molecule has 2 N–H and O–H groups in total. The Balaban J connectivity index is 2.85. The molecular formula is C12H22N4O. The molecule has 0 saturated carbocycles. The van der Waals surface area contributed by atoms with E-state index >= 15 is 0 Å². The maximum Gasteiger partial charge on any atom is 0.134 e. The second kappa shape index (κ2) is 6.39. The van der Waals surface area contributed by atoms with E-state index in [2.05, 4.69) is 34.4 Å². The Morgan fingerprint density at radius 1 is 1.29 bits per heavy atom. The van der Waals surface area contributed by atoms with Crippen LogP contribution >= 0.6 is 0 Å². The second-order valence-electron chi connectivity index (χ2n) is 4.40. The van der Waals surface area contributed by atoms with Gasteiger partial charge in [0.1, 0.15) is 18.0 Å². The Hall–Kier alpha value is -1.36. The van der Waals surface area contributed by atoms with E-state index in [0.717, 1.165) is 17.2 Å². The molecule has 0 bridgehead atoms. The predicted octanol–water partition coefficient (Wildman–Crippen LogP) is 1.91. The minimum absolute atomic E-state index is 0.248. The van der Waals surface area contributed by atoms with E-state index in [1.807, 2.05) is 14.0 Å². The zero-order chi connectivity index (χ0) is 12.8. The molecule has 0 aliphatic carbocycles. The number of aromatic nitrogens is 2. The first kappa shape index (κ1) is 13.7. The standard InChI is InChI=1S/C12H22N4O/c1-8(2)10(6-17-5)16-12-9(3)11(13-4)14-7-15-12/h7-8,10H,6H2,1-5H3,(H2,13,14,15,16). The Labute approximate surface area is 103 Å². The maximum absolute atomic E-state index is 5.21. The van der Waals surface area contributed by atoms with E-state index in [9.17, 15) is 0 Å². The van der Waals surface area contributed by atoms with E-state index < -0.39 is 0 Å². The molecule has 17 heavy (non-hydrogen) atoms. The van der Waals surface area contributed by atoms with Crippen molar-refractivity contribution < 1.29 is 4.74 Å². The third-order valence-corrected chi connectivity index (χ3v) is 2.79. The molecule has 5 nitrogen and oxygen atoms in total. The lowest BCUT2D eigenvalue weighted by Crippen LogP contribution is -2.31. The van der Waals surface area contributed by atoms with Gasteiger partial charge in [-0.15, -0.1) is 0 Å². The first-order valence-corrected chi connectivity index (χ1v) is 5.85. The lowest BCUT2D eigenvalue weighted by atomic mass is 10.1. The molecule has 0 radical (unpaired) electrons. The van der Waals surface area contributed by atoms with Gasteiger partial charge >= 0.3 is 0 Å². The van der Waals surface area contributed by atoms with Gasteiger partial charge in [-0.25, -0.2) is 9.97 Å². The van der Waals surface area contributed by atoms with Crippen molar-refractivity contribution in [2.45, 2.75) is 26.8 Å². The van der Waals surface area contributed by atoms with Gasteiger partial charge in [0.05, 0.1) is 12.6 Å². The Kier molecular flexibility index (Phi) is 5.15. The zero-order valence-electron chi connectivity index (χ0n) is 11.2. The molecule has 1 heterocycles. The fourth-order valence-corrected chi connectivity index (χ4v) is 1.60. The fraction of sp³-hybridized carbons (Fsp3) is 0.667. The Morgan fingerprint density at radius 2 is 1.94 bits per heavy atom. The van der Waals surface area contributed by atoms with Crippen LogP contribution in [0.1, 0.15) is 19.4 Å². The van der Waals surface area contributed by atoms with Gasteiger partial charge in [-0.2, -0.15) is 0 Å². The number of hydrogen-bond donors (Lipinski definition) is 2. The highest BCUT2D eigenvalue weighted by Crippen LogP contribution is 2.19. The molecule has 0 spiro atoms. The summed E-state index contributed by atoms with van der Waals surface area (Å²) in [5.74, 6) is 2.19. The topological polar surface area (TPSA) is 59.1 Å². The van der Waals surface area contributed by atoms with Gasteiger partial charge in [-0.05, 0) is 12.8 Å². The van der Waals surface area contributed by atoms with Crippen molar-refractivity contribution >= 4 is 11.6 Å². The highest BCUT2D eigenvalue weighted by molar-refractivity contribution is 5.56. The van der Waals surface area contributed by atoms with Crippen LogP contribution in [-0.2, 0) is 4.74 Å². The first-order valence-electron chi connectivity index (χ1n) is 5.85.